The quantitative estimate of drug-likeness (QED) is 0.612. The summed E-state index contributed by atoms with van der Waals surface area (Å²) < 4.78 is 5.32. The standard InChI is InChI=1S/C15H21NO2S/c1-3-19-14-6-4-13(5-7-14)15(17)12(2)16-8-10-18-11-9-16/h4-7,12H,3,8-11H2,1-2H3. The van der Waals surface area contributed by atoms with Crippen LogP contribution < -0.4 is 0 Å². The van der Waals surface area contributed by atoms with Crippen LogP contribution in [-0.4, -0.2) is 48.8 Å². The van der Waals surface area contributed by atoms with Crippen LogP contribution in [0.4, 0.5) is 0 Å². The van der Waals surface area contributed by atoms with Gasteiger partial charge in [0.1, 0.15) is 0 Å². The highest BCUT2D eigenvalue weighted by Gasteiger charge is 2.23. The molecule has 0 aliphatic carbocycles. The minimum absolute atomic E-state index is 0.0615. The van der Waals surface area contributed by atoms with Gasteiger partial charge in [-0.15, -0.1) is 11.8 Å². The lowest BCUT2D eigenvalue weighted by Gasteiger charge is -2.31. The minimum atomic E-state index is -0.0615. The van der Waals surface area contributed by atoms with Crippen molar-refractivity contribution in [1.82, 2.24) is 4.90 Å². The minimum Gasteiger partial charge on any atom is -0.379 e. The van der Waals surface area contributed by atoms with E-state index in [0.29, 0.717) is 0 Å². The van der Waals surface area contributed by atoms with Crippen LogP contribution in [0.15, 0.2) is 29.2 Å². The number of nitrogens with zero attached hydrogens (tertiary/aromatic N) is 1. The number of hydrogen-bond acceptors (Lipinski definition) is 4. The SMILES string of the molecule is CCSc1ccc(C(=O)C(C)N2CCOCC2)cc1. The van der Waals surface area contributed by atoms with E-state index in [2.05, 4.69) is 11.8 Å². The molecule has 0 radical (unpaired) electrons. The largest absolute Gasteiger partial charge is 0.379 e. The van der Waals surface area contributed by atoms with Crippen molar-refractivity contribution in [1.29, 1.82) is 0 Å². The topological polar surface area (TPSA) is 29.5 Å². The number of benzene rings is 1. The van der Waals surface area contributed by atoms with Crippen LogP contribution in [0.2, 0.25) is 0 Å². The van der Waals surface area contributed by atoms with Crippen LogP contribution >= 0.6 is 11.8 Å². The first-order valence-electron chi connectivity index (χ1n) is 6.81. The summed E-state index contributed by atoms with van der Waals surface area (Å²) in [5, 5.41) is 0. The van der Waals surface area contributed by atoms with Gasteiger partial charge in [-0.05, 0) is 24.8 Å². The van der Waals surface area contributed by atoms with Gasteiger partial charge in [-0.25, -0.2) is 0 Å². The second-order valence-electron chi connectivity index (χ2n) is 4.65. The Morgan fingerprint density at radius 3 is 2.53 bits per heavy atom. The Labute approximate surface area is 119 Å². The van der Waals surface area contributed by atoms with E-state index in [1.54, 1.807) is 11.8 Å². The summed E-state index contributed by atoms with van der Waals surface area (Å²) in [5.41, 5.74) is 0.805. The van der Waals surface area contributed by atoms with E-state index in [9.17, 15) is 4.79 Å². The Balaban J connectivity index is 2.01. The molecule has 1 aromatic rings. The number of carbonyl (C=O) groups is 1. The van der Waals surface area contributed by atoms with Gasteiger partial charge < -0.3 is 4.74 Å². The summed E-state index contributed by atoms with van der Waals surface area (Å²) in [6.07, 6.45) is 0. The molecule has 0 aromatic heterocycles. The third kappa shape index (κ3) is 3.81. The van der Waals surface area contributed by atoms with Gasteiger partial charge in [-0.2, -0.15) is 0 Å². The predicted octanol–water partition coefficient (Wildman–Crippen LogP) is 2.70. The maximum atomic E-state index is 12.4. The third-order valence-electron chi connectivity index (χ3n) is 3.42. The zero-order valence-electron chi connectivity index (χ0n) is 11.6. The molecule has 1 unspecified atom stereocenters. The van der Waals surface area contributed by atoms with E-state index < -0.39 is 0 Å². The molecule has 0 bridgehead atoms. The van der Waals surface area contributed by atoms with Crippen LogP contribution in [0, 0.1) is 0 Å². The molecule has 19 heavy (non-hydrogen) atoms. The lowest BCUT2D eigenvalue weighted by molar-refractivity contribution is 0.0208. The molecule has 0 N–H and O–H groups in total. The fourth-order valence-electron chi connectivity index (χ4n) is 2.25. The monoisotopic (exact) mass is 279 g/mol. The van der Waals surface area contributed by atoms with Gasteiger partial charge in [0, 0.05) is 23.5 Å². The van der Waals surface area contributed by atoms with Crippen molar-refractivity contribution in [3.63, 3.8) is 0 Å². The van der Waals surface area contributed by atoms with E-state index in [-0.39, 0.29) is 11.8 Å². The van der Waals surface area contributed by atoms with Gasteiger partial charge >= 0.3 is 0 Å². The molecule has 1 heterocycles. The van der Waals surface area contributed by atoms with Crippen molar-refractivity contribution in [3.05, 3.63) is 29.8 Å². The number of morpholine rings is 1. The van der Waals surface area contributed by atoms with Crippen molar-refractivity contribution in [2.24, 2.45) is 0 Å². The number of thioether (sulfide) groups is 1. The summed E-state index contributed by atoms with van der Waals surface area (Å²) in [6, 6.07) is 7.89. The molecule has 1 fully saturated rings. The zero-order valence-corrected chi connectivity index (χ0v) is 12.4. The lowest BCUT2D eigenvalue weighted by Crippen LogP contribution is -2.45. The molecular formula is C15H21NO2S. The highest BCUT2D eigenvalue weighted by Crippen LogP contribution is 2.19. The number of carbonyl (C=O) groups excluding carboxylic acids is 1. The molecular weight excluding hydrogens is 258 g/mol. The van der Waals surface area contributed by atoms with Gasteiger partial charge in [-0.3, -0.25) is 9.69 Å². The first-order chi connectivity index (χ1) is 9.22. The Morgan fingerprint density at radius 1 is 1.32 bits per heavy atom. The van der Waals surface area contributed by atoms with Gasteiger partial charge in [0.15, 0.2) is 5.78 Å². The van der Waals surface area contributed by atoms with Crippen LogP contribution in [0.3, 0.4) is 0 Å². The van der Waals surface area contributed by atoms with E-state index >= 15 is 0 Å². The van der Waals surface area contributed by atoms with E-state index in [1.165, 1.54) is 4.90 Å². The van der Waals surface area contributed by atoms with E-state index in [0.717, 1.165) is 37.6 Å². The normalized spacial score (nSPS) is 18.2. The molecule has 1 aliphatic rings. The number of Topliss-reactive ketones (excluding diaryl/α,β-unsaturated/α-hetero) is 1. The fraction of sp³-hybridized carbons (Fsp3) is 0.533. The second-order valence-corrected chi connectivity index (χ2v) is 5.98. The van der Waals surface area contributed by atoms with E-state index in [4.69, 9.17) is 4.74 Å². The smallest absolute Gasteiger partial charge is 0.179 e. The van der Waals surface area contributed by atoms with Gasteiger partial charge in [0.25, 0.3) is 0 Å². The average molecular weight is 279 g/mol. The predicted molar refractivity (Wildman–Crippen MR) is 79.0 cm³/mol. The van der Waals surface area contributed by atoms with Gasteiger partial charge in [0.2, 0.25) is 0 Å². The molecule has 1 aromatic carbocycles. The van der Waals surface area contributed by atoms with Gasteiger partial charge in [-0.1, -0.05) is 19.1 Å². The summed E-state index contributed by atoms with van der Waals surface area (Å²) in [7, 11) is 0. The zero-order chi connectivity index (χ0) is 13.7. The Bertz CT molecular complexity index is 413. The van der Waals surface area contributed by atoms with Crippen molar-refractivity contribution in [2.45, 2.75) is 24.8 Å². The van der Waals surface area contributed by atoms with Crippen LogP contribution in [0.5, 0.6) is 0 Å². The second kappa shape index (κ2) is 7.08. The van der Waals surface area contributed by atoms with E-state index in [1.807, 2.05) is 31.2 Å². The summed E-state index contributed by atoms with van der Waals surface area (Å²) in [5.74, 6) is 1.26. The van der Waals surface area contributed by atoms with Crippen molar-refractivity contribution in [3.8, 4) is 0 Å². The molecule has 3 nitrogen and oxygen atoms in total. The van der Waals surface area contributed by atoms with Crippen molar-refractivity contribution < 1.29 is 9.53 Å². The molecule has 4 heteroatoms. The lowest BCUT2D eigenvalue weighted by atomic mass is 10.0. The first-order valence-corrected chi connectivity index (χ1v) is 7.80. The maximum absolute atomic E-state index is 12.4. The third-order valence-corrected chi connectivity index (χ3v) is 4.32. The van der Waals surface area contributed by atoms with Crippen molar-refractivity contribution >= 4 is 17.5 Å². The number of ketones is 1. The average Bonchev–Trinajstić information content (AvgIpc) is 2.48. The first kappa shape index (κ1) is 14.6. The molecule has 1 saturated heterocycles. The molecule has 0 spiro atoms. The Hall–Kier alpha value is -0.840. The maximum Gasteiger partial charge on any atom is 0.179 e. The molecule has 104 valence electrons. The highest BCUT2D eigenvalue weighted by atomic mass is 32.2. The highest BCUT2D eigenvalue weighted by molar-refractivity contribution is 7.99. The molecule has 0 saturated carbocycles. The number of rotatable bonds is 5. The molecule has 1 aliphatic heterocycles. The number of ether oxygens (including phenoxy) is 1. The number of hydrogen-bond donors (Lipinski definition) is 0. The fourth-order valence-corrected chi connectivity index (χ4v) is 2.92. The summed E-state index contributed by atoms with van der Waals surface area (Å²) in [4.78, 5) is 15.8. The molecule has 0 amide bonds. The molecule has 2 rings (SSSR count). The van der Waals surface area contributed by atoms with Crippen LogP contribution in [0.25, 0.3) is 0 Å². The van der Waals surface area contributed by atoms with Crippen LogP contribution in [0.1, 0.15) is 24.2 Å². The Kier molecular flexibility index (Phi) is 5.43. The van der Waals surface area contributed by atoms with Crippen molar-refractivity contribution in [2.75, 3.05) is 32.1 Å². The summed E-state index contributed by atoms with van der Waals surface area (Å²) >= 11 is 1.79. The Morgan fingerprint density at radius 2 is 1.95 bits per heavy atom. The van der Waals surface area contributed by atoms with Crippen LogP contribution in [-0.2, 0) is 4.74 Å². The molecule has 1 atom stereocenters. The van der Waals surface area contributed by atoms with Gasteiger partial charge in [0.05, 0.1) is 19.3 Å². The summed E-state index contributed by atoms with van der Waals surface area (Å²) in [6.45, 7) is 7.26.